The van der Waals surface area contributed by atoms with E-state index in [1.54, 1.807) is 7.11 Å². The molecule has 0 fully saturated rings. The summed E-state index contributed by atoms with van der Waals surface area (Å²) in [6.07, 6.45) is 1.93. The van der Waals surface area contributed by atoms with Gasteiger partial charge in [0.15, 0.2) is 0 Å². The van der Waals surface area contributed by atoms with Crippen LogP contribution in [0.2, 0.25) is 10.0 Å². The second-order valence-electron chi connectivity index (χ2n) is 3.47. The highest BCUT2D eigenvalue weighted by Crippen LogP contribution is 2.14. The van der Waals surface area contributed by atoms with Crippen molar-refractivity contribution >= 4 is 29.1 Å². The standard InChI is InChI=1S/C10H13Cl2N3O3/c1-18-4-2-3-13-8(16)6-15-10(17)9(12)7(11)5-14-15/h5H,2-4,6H2,1H3,(H,13,16). The van der Waals surface area contributed by atoms with Crippen LogP contribution in [-0.4, -0.2) is 35.9 Å². The van der Waals surface area contributed by atoms with E-state index in [-0.39, 0.29) is 22.5 Å². The number of aromatic nitrogens is 2. The van der Waals surface area contributed by atoms with Gasteiger partial charge in [-0.3, -0.25) is 9.59 Å². The third-order valence-corrected chi connectivity index (χ3v) is 2.83. The zero-order valence-electron chi connectivity index (χ0n) is 9.78. The van der Waals surface area contributed by atoms with Gasteiger partial charge < -0.3 is 10.1 Å². The molecule has 1 rings (SSSR count). The molecule has 1 amide bonds. The first kappa shape index (κ1) is 14.9. The van der Waals surface area contributed by atoms with Crippen LogP contribution in [0, 0.1) is 0 Å². The Morgan fingerprint density at radius 2 is 2.28 bits per heavy atom. The van der Waals surface area contributed by atoms with E-state index in [9.17, 15) is 9.59 Å². The molecule has 1 heterocycles. The summed E-state index contributed by atoms with van der Waals surface area (Å²) in [6, 6.07) is 0. The molecule has 100 valence electrons. The molecule has 0 radical (unpaired) electrons. The Morgan fingerprint density at radius 3 is 2.94 bits per heavy atom. The quantitative estimate of drug-likeness (QED) is 0.784. The zero-order valence-corrected chi connectivity index (χ0v) is 11.3. The Hall–Kier alpha value is -1.11. The number of ether oxygens (including phenoxy) is 1. The fourth-order valence-electron chi connectivity index (χ4n) is 1.19. The topological polar surface area (TPSA) is 73.2 Å². The lowest BCUT2D eigenvalue weighted by Gasteiger charge is -2.06. The maximum Gasteiger partial charge on any atom is 0.287 e. The molecule has 0 atom stereocenters. The number of hydrogen-bond donors (Lipinski definition) is 1. The largest absolute Gasteiger partial charge is 0.385 e. The molecule has 8 heteroatoms. The lowest BCUT2D eigenvalue weighted by atomic mass is 10.4. The van der Waals surface area contributed by atoms with Crippen molar-refractivity contribution in [3.8, 4) is 0 Å². The van der Waals surface area contributed by atoms with Crippen LogP contribution in [-0.2, 0) is 16.1 Å². The monoisotopic (exact) mass is 293 g/mol. The van der Waals surface area contributed by atoms with Gasteiger partial charge in [-0.15, -0.1) is 0 Å². The van der Waals surface area contributed by atoms with Crippen molar-refractivity contribution in [2.45, 2.75) is 13.0 Å². The van der Waals surface area contributed by atoms with Crippen LogP contribution in [0.5, 0.6) is 0 Å². The van der Waals surface area contributed by atoms with E-state index in [1.807, 2.05) is 0 Å². The van der Waals surface area contributed by atoms with Gasteiger partial charge in [-0.1, -0.05) is 23.2 Å². The lowest BCUT2D eigenvalue weighted by Crippen LogP contribution is -2.34. The van der Waals surface area contributed by atoms with Crippen LogP contribution < -0.4 is 10.9 Å². The molecule has 1 aromatic rings. The highest BCUT2D eigenvalue weighted by atomic mass is 35.5. The number of carbonyl (C=O) groups excluding carboxylic acids is 1. The van der Waals surface area contributed by atoms with E-state index < -0.39 is 5.56 Å². The van der Waals surface area contributed by atoms with Crippen LogP contribution in [0.3, 0.4) is 0 Å². The molecule has 1 aromatic heterocycles. The normalized spacial score (nSPS) is 10.4. The van der Waals surface area contributed by atoms with Gasteiger partial charge in [-0.2, -0.15) is 5.10 Å². The summed E-state index contributed by atoms with van der Waals surface area (Å²) in [6.45, 7) is 0.844. The first-order chi connectivity index (χ1) is 8.56. The fraction of sp³-hybridized carbons (Fsp3) is 0.500. The van der Waals surface area contributed by atoms with Crippen molar-refractivity contribution in [1.29, 1.82) is 0 Å². The molecule has 0 saturated heterocycles. The molecule has 0 aliphatic heterocycles. The number of methoxy groups -OCH3 is 1. The van der Waals surface area contributed by atoms with E-state index in [1.165, 1.54) is 6.20 Å². The molecule has 1 N–H and O–H groups in total. The van der Waals surface area contributed by atoms with Crippen LogP contribution in [0.25, 0.3) is 0 Å². The zero-order chi connectivity index (χ0) is 13.5. The Labute approximate surface area is 114 Å². The SMILES string of the molecule is COCCCNC(=O)Cn1ncc(Cl)c(Cl)c1=O. The molecule has 18 heavy (non-hydrogen) atoms. The van der Waals surface area contributed by atoms with E-state index in [0.29, 0.717) is 19.6 Å². The van der Waals surface area contributed by atoms with Gasteiger partial charge in [0.05, 0.1) is 11.2 Å². The number of nitrogens with zero attached hydrogens (tertiary/aromatic N) is 2. The lowest BCUT2D eigenvalue weighted by molar-refractivity contribution is -0.121. The van der Waals surface area contributed by atoms with Gasteiger partial charge in [0, 0.05) is 20.3 Å². The average Bonchev–Trinajstić information content (AvgIpc) is 2.35. The second kappa shape index (κ2) is 7.35. The predicted octanol–water partition coefficient (Wildman–Crippen LogP) is 0.703. The summed E-state index contributed by atoms with van der Waals surface area (Å²) in [7, 11) is 1.58. The number of carbonyl (C=O) groups is 1. The molecule has 0 saturated carbocycles. The van der Waals surface area contributed by atoms with Crippen molar-refractivity contribution in [3.05, 3.63) is 26.6 Å². The minimum Gasteiger partial charge on any atom is -0.385 e. The van der Waals surface area contributed by atoms with Gasteiger partial charge in [0.25, 0.3) is 5.56 Å². The summed E-state index contributed by atoms with van der Waals surface area (Å²) in [5.74, 6) is -0.320. The molecule has 0 aromatic carbocycles. The smallest absolute Gasteiger partial charge is 0.287 e. The van der Waals surface area contributed by atoms with Crippen molar-refractivity contribution in [2.24, 2.45) is 0 Å². The third kappa shape index (κ3) is 4.29. The predicted molar refractivity (Wildman–Crippen MR) is 68.0 cm³/mol. The summed E-state index contributed by atoms with van der Waals surface area (Å²) in [4.78, 5) is 23.1. The van der Waals surface area contributed by atoms with Crippen LogP contribution >= 0.6 is 23.2 Å². The summed E-state index contributed by atoms with van der Waals surface area (Å²) < 4.78 is 5.80. The van der Waals surface area contributed by atoms with Crippen molar-refractivity contribution in [1.82, 2.24) is 15.1 Å². The van der Waals surface area contributed by atoms with Crippen LogP contribution in [0.15, 0.2) is 11.0 Å². The summed E-state index contributed by atoms with van der Waals surface area (Å²) >= 11 is 11.3. The number of nitrogens with one attached hydrogen (secondary N) is 1. The van der Waals surface area contributed by atoms with Crippen molar-refractivity contribution < 1.29 is 9.53 Å². The second-order valence-corrected chi connectivity index (χ2v) is 4.25. The van der Waals surface area contributed by atoms with E-state index in [0.717, 1.165) is 4.68 Å². The van der Waals surface area contributed by atoms with E-state index >= 15 is 0 Å². The summed E-state index contributed by atoms with van der Waals surface area (Å²) in [5, 5.41) is 6.29. The van der Waals surface area contributed by atoms with Gasteiger partial charge in [0.1, 0.15) is 11.6 Å². The number of halogens is 2. The maximum atomic E-state index is 11.6. The van der Waals surface area contributed by atoms with Crippen LogP contribution in [0.1, 0.15) is 6.42 Å². The van der Waals surface area contributed by atoms with Gasteiger partial charge >= 0.3 is 0 Å². The third-order valence-electron chi connectivity index (χ3n) is 2.08. The molecule has 0 bridgehead atoms. The molecule has 0 unspecified atom stereocenters. The number of rotatable bonds is 6. The maximum absolute atomic E-state index is 11.6. The number of amides is 1. The fourth-order valence-corrected chi connectivity index (χ4v) is 1.46. The Morgan fingerprint density at radius 1 is 1.56 bits per heavy atom. The number of hydrogen-bond acceptors (Lipinski definition) is 4. The first-order valence-electron chi connectivity index (χ1n) is 5.23. The summed E-state index contributed by atoms with van der Waals surface area (Å²) in [5.41, 5.74) is -0.587. The minimum atomic E-state index is -0.587. The molecule has 0 spiro atoms. The van der Waals surface area contributed by atoms with Gasteiger partial charge in [-0.25, -0.2) is 4.68 Å². The highest BCUT2D eigenvalue weighted by molar-refractivity contribution is 6.41. The van der Waals surface area contributed by atoms with Crippen molar-refractivity contribution in [3.63, 3.8) is 0 Å². The average molecular weight is 294 g/mol. The molecule has 6 nitrogen and oxygen atoms in total. The molecule has 0 aliphatic rings. The van der Waals surface area contributed by atoms with Crippen molar-refractivity contribution in [2.75, 3.05) is 20.3 Å². The van der Waals surface area contributed by atoms with E-state index in [4.69, 9.17) is 27.9 Å². The molecule has 0 aliphatic carbocycles. The minimum absolute atomic E-state index is 0.0680. The van der Waals surface area contributed by atoms with Gasteiger partial charge in [-0.05, 0) is 6.42 Å². The Bertz CT molecular complexity index is 476. The molecular formula is C10H13Cl2N3O3. The van der Waals surface area contributed by atoms with Crippen LogP contribution in [0.4, 0.5) is 0 Å². The first-order valence-corrected chi connectivity index (χ1v) is 5.98. The van der Waals surface area contributed by atoms with Gasteiger partial charge in [0.2, 0.25) is 5.91 Å². The molecular weight excluding hydrogens is 281 g/mol. The highest BCUT2D eigenvalue weighted by Gasteiger charge is 2.10. The Kier molecular flexibility index (Phi) is 6.11. The van der Waals surface area contributed by atoms with E-state index in [2.05, 4.69) is 10.4 Å². The Balaban J connectivity index is 2.55.